The summed E-state index contributed by atoms with van der Waals surface area (Å²) in [4.78, 5) is 24.7. The van der Waals surface area contributed by atoms with Gasteiger partial charge in [-0.1, -0.05) is 50.6 Å². The monoisotopic (exact) mass is 326 g/mol. The van der Waals surface area contributed by atoms with Crippen LogP contribution >= 0.6 is 0 Å². The summed E-state index contributed by atoms with van der Waals surface area (Å²) in [6, 6.07) is 14.0. The summed E-state index contributed by atoms with van der Waals surface area (Å²) in [5, 5.41) is 0. The van der Waals surface area contributed by atoms with Gasteiger partial charge in [-0.25, -0.2) is 9.59 Å². The van der Waals surface area contributed by atoms with Crippen LogP contribution < -0.4 is 4.74 Å². The number of rotatable bonds is 7. The first kappa shape index (κ1) is 17.7. The van der Waals surface area contributed by atoms with Crippen molar-refractivity contribution < 1.29 is 19.1 Å². The normalized spacial score (nSPS) is 10.2. The Morgan fingerprint density at radius 2 is 1.46 bits per heavy atom. The highest BCUT2D eigenvalue weighted by Gasteiger charge is 2.20. The smallest absolute Gasteiger partial charge is 0.344 e. The van der Waals surface area contributed by atoms with Crippen molar-refractivity contribution in [3.8, 4) is 5.75 Å². The first-order valence-corrected chi connectivity index (χ1v) is 8.23. The fourth-order valence-corrected chi connectivity index (χ4v) is 2.35. The molecular weight excluding hydrogens is 304 g/mol. The molecule has 126 valence electrons. The van der Waals surface area contributed by atoms with E-state index in [1.165, 1.54) is 0 Å². The topological polar surface area (TPSA) is 52.6 Å². The van der Waals surface area contributed by atoms with Crippen LogP contribution in [0.25, 0.3) is 0 Å². The van der Waals surface area contributed by atoms with Gasteiger partial charge in [-0.15, -0.1) is 0 Å². The number of esters is 2. The van der Waals surface area contributed by atoms with Crippen molar-refractivity contribution in [1.82, 2.24) is 0 Å². The summed E-state index contributed by atoms with van der Waals surface area (Å²) in [7, 11) is 0. The molecule has 0 aromatic heterocycles. The van der Waals surface area contributed by atoms with Crippen LogP contribution in [0.5, 0.6) is 5.75 Å². The highest BCUT2D eigenvalue weighted by molar-refractivity contribution is 6.03. The van der Waals surface area contributed by atoms with Gasteiger partial charge in [-0.05, 0) is 36.6 Å². The van der Waals surface area contributed by atoms with E-state index < -0.39 is 11.9 Å². The zero-order valence-corrected chi connectivity index (χ0v) is 14.1. The number of benzene rings is 2. The van der Waals surface area contributed by atoms with E-state index in [1.54, 1.807) is 30.3 Å². The minimum absolute atomic E-state index is 0.213. The molecule has 2 rings (SSSR count). The van der Waals surface area contributed by atoms with Crippen LogP contribution in [0, 0.1) is 0 Å². The maximum absolute atomic E-state index is 12.5. The maximum Gasteiger partial charge on any atom is 0.344 e. The molecule has 0 fully saturated rings. The van der Waals surface area contributed by atoms with Gasteiger partial charge >= 0.3 is 11.9 Å². The average Bonchev–Trinajstić information content (AvgIpc) is 2.61. The Balaban J connectivity index is 2.23. The highest BCUT2D eigenvalue weighted by Crippen LogP contribution is 2.22. The fourth-order valence-electron chi connectivity index (χ4n) is 2.35. The zero-order chi connectivity index (χ0) is 17.4. The second kappa shape index (κ2) is 8.87. The van der Waals surface area contributed by atoms with Crippen molar-refractivity contribution in [2.75, 3.05) is 6.61 Å². The van der Waals surface area contributed by atoms with E-state index in [1.807, 2.05) is 25.1 Å². The minimum atomic E-state index is -0.553. The molecule has 0 amide bonds. The molecule has 2 aromatic rings. The van der Waals surface area contributed by atoms with Crippen molar-refractivity contribution in [2.24, 2.45) is 0 Å². The Morgan fingerprint density at radius 3 is 2.12 bits per heavy atom. The largest absolute Gasteiger partial charge is 0.462 e. The summed E-state index contributed by atoms with van der Waals surface area (Å²) in [5.41, 5.74) is 1.41. The zero-order valence-electron chi connectivity index (χ0n) is 14.1. The van der Waals surface area contributed by atoms with E-state index >= 15 is 0 Å². The third-order valence-electron chi connectivity index (χ3n) is 3.50. The highest BCUT2D eigenvalue weighted by atomic mass is 16.5. The van der Waals surface area contributed by atoms with Gasteiger partial charge in [0.05, 0.1) is 17.7 Å². The molecule has 0 atom stereocenters. The van der Waals surface area contributed by atoms with Crippen LogP contribution in [-0.2, 0) is 11.2 Å². The molecule has 4 heteroatoms. The van der Waals surface area contributed by atoms with Crippen LogP contribution in [0.3, 0.4) is 0 Å². The molecule has 0 N–H and O–H groups in total. The molecule has 24 heavy (non-hydrogen) atoms. The van der Waals surface area contributed by atoms with Crippen LogP contribution in [-0.4, -0.2) is 18.5 Å². The number of carbonyl (C=O) groups excluding carboxylic acids is 2. The van der Waals surface area contributed by atoms with Gasteiger partial charge in [0.1, 0.15) is 5.75 Å². The third kappa shape index (κ3) is 4.44. The fraction of sp³-hybridized carbons (Fsp3) is 0.300. The summed E-state index contributed by atoms with van der Waals surface area (Å²) in [6.45, 7) is 4.30. The maximum atomic E-state index is 12.5. The van der Waals surface area contributed by atoms with Crippen molar-refractivity contribution in [3.05, 3.63) is 65.2 Å². The minimum Gasteiger partial charge on any atom is -0.462 e. The standard InChI is InChI=1S/C20H22O4/c1-3-9-15-10-5-8-13-18(15)24-20(22)17-12-7-6-11-16(17)19(21)23-14-4-2/h5-8,10-13H,3-4,9,14H2,1-2H3. The van der Waals surface area contributed by atoms with Gasteiger partial charge in [-0.2, -0.15) is 0 Å². The lowest BCUT2D eigenvalue weighted by Crippen LogP contribution is -2.16. The first-order chi connectivity index (χ1) is 11.7. The molecule has 4 nitrogen and oxygen atoms in total. The molecule has 0 bridgehead atoms. The number of para-hydroxylation sites is 1. The van der Waals surface area contributed by atoms with Crippen LogP contribution in [0.1, 0.15) is 53.0 Å². The Labute approximate surface area is 142 Å². The molecule has 0 aliphatic rings. The number of hydrogen-bond acceptors (Lipinski definition) is 4. The van der Waals surface area contributed by atoms with E-state index in [-0.39, 0.29) is 11.1 Å². The van der Waals surface area contributed by atoms with Gasteiger partial charge in [0.25, 0.3) is 0 Å². The average molecular weight is 326 g/mol. The predicted molar refractivity (Wildman–Crippen MR) is 92.4 cm³/mol. The van der Waals surface area contributed by atoms with Gasteiger partial charge in [-0.3, -0.25) is 0 Å². The first-order valence-electron chi connectivity index (χ1n) is 8.23. The Kier molecular flexibility index (Phi) is 6.55. The lowest BCUT2D eigenvalue weighted by Gasteiger charge is -2.11. The molecule has 0 heterocycles. The molecule has 0 aliphatic carbocycles. The third-order valence-corrected chi connectivity index (χ3v) is 3.50. The molecule has 0 saturated heterocycles. The predicted octanol–water partition coefficient (Wildman–Crippen LogP) is 4.43. The molecule has 2 aromatic carbocycles. The van der Waals surface area contributed by atoms with E-state index in [2.05, 4.69) is 6.92 Å². The molecule has 0 aliphatic heterocycles. The quantitative estimate of drug-likeness (QED) is 0.558. The molecule has 0 radical (unpaired) electrons. The van der Waals surface area contributed by atoms with E-state index in [0.717, 1.165) is 24.8 Å². The number of carbonyl (C=O) groups is 2. The van der Waals surface area contributed by atoms with E-state index in [0.29, 0.717) is 12.4 Å². The van der Waals surface area contributed by atoms with Crippen molar-refractivity contribution in [1.29, 1.82) is 0 Å². The van der Waals surface area contributed by atoms with Gasteiger partial charge in [0, 0.05) is 0 Å². The summed E-state index contributed by atoms with van der Waals surface area (Å²) < 4.78 is 10.7. The second-order valence-electron chi connectivity index (χ2n) is 5.43. The summed E-state index contributed by atoms with van der Waals surface area (Å²) in [6.07, 6.45) is 2.50. The second-order valence-corrected chi connectivity index (χ2v) is 5.43. The molecule has 0 spiro atoms. The lowest BCUT2D eigenvalue weighted by molar-refractivity contribution is 0.0496. The van der Waals surface area contributed by atoms with Crippen LogP contribution in [0.2, 0.25) is 0 Å². The van der Waals surface area contributed by atoms with Gasteiger partial charge in [0.2, 0.25) is 0 Å². The summed E-state index contributed by atoms with van der Waals surface area (Å²) >= 11 is 0. The van der Waals surface area contributed by atoms with Crippen molar-refractivity contribution >= 4 is 11.9 Å². The molecule has 0 unspecified atom stereocenters. The van der Waals surface area contributed by atoms with Gasteiger partial charge in [0.15, 0.2) is 0 Å². The van der Waals surface area contributed by atoms with Crippen LogP contribution in [0.4, 0.5) is 0 Å². The Morgan fingerprint density at radius 1 is 0.833 bits per heavy atom. The van der Waals surface area contributed by atoms with Gasteiger partial charge < -0.3 is 9.47 Å². The number of aryl methyl sites for hydroxylation is 1. The molecule has 0 saturated carbocycles. The number of ether oxygens (including phenoxy) is 2. The number of hydrogen-bond donors (Lipinski definition) is 0. The molecular formula is C20H22O4. The SMILES string of the molecule is CCCOC(=O)c1ccccc1C(=O)Oc1ccccc1CCC. The van der Waals surface area contributed by atoms with E-state index in [4.69, 9.17) is 9.47 Å². The van der Waals surface area contributed by atoms with Crippen molar-refractivity contribution in [2.45, 2.75) is 33.1 Å². The van der Waals surface area contributed by atoms with E-state index in [9.17, 15) is 9.59 Å². The Hall–Kier alpha value is -2.62. The van der Waals surface area contributed by atoms with Crippen LogP contribution in [0.15, 0.2) is 48.5 Å². The van der Waals surface area contributed by atoms with Crippen molar-refractivity contribution in [3.63, 3.8) is 0 Å². The Bertz CT molecular complexity index is 706. The lowest BCUT2D eigenvalue weighted by atomic mass is 10.1. The summed E-state index contributed by atoms with van der Waals surface area (Å²) in [5.74, 6) is -0.532.